The normalized spacial score (nSPS) is 11.4. The number of ether oxygens (including phenoxy) is 5. The van der Waals surface area contributed by atoms with Crippen molar-refractivity contribution in [2.45, 2.75) is 13.8 Å². The van der Waals surface area contributed by atoms with Crippen molar-refractivity contribution >= 4 is 0 Å². The third kappa shape index (κ3) is 19.8. The summed E-state index contributed by atoms with van der Waals surface area (Å²) in [5.74, 6) is 0.571. The highest BCUT2D eigenvalue weighted by Crippen LogP contribution is 1.91. The Morgan fingerprint density at radius 1 is 0.619 bits per heavy atom. The first kappa shape index (κ1) is 20.8. The summed E-state index contributed by atoms with van der Waals surface area (Å²) in [5, 5.41) is 3.01. The van der Waals surface area contributed by atoms with Gasteiger partial charge in [-0.15, -0.1) is 0 Å². The average Bonchev–Trinajstić information content (AvgIpc) is 2.46. The fourth-order valence-corrected chi connectivity index (χ4v) is 1.37. The van der Waals surface area contributed by atoms with Gasteiger partial charge in [0.25, 0.3) is 0 Å². The quantitative estimate of drug-likeness (QED) is 0.404. The van der Waals surface area contributed by atoms with E-state index in [4.69, 9.17) is 23.7 Å². The molecule has 0 radical (unpaired) electrons. The zero-order chi connectivity index (χ0) is 15.6. The largest absolute Gasteiger partial charge is 0.379 e. The zero-order valence-electron chi connectivity index (χ0n) is 13.9. The molecule has 0 saturated carbocycles. The number of nitrogens with one attached hydrogen (secondary N) is 1. The van der Waals surface area contributed by atoms with Gasteiger partial charge in [-0.25, -0.2) is 0 Å². The molecule has 0 aliphatic carbocycles. The molecular weight excluding hydrogens is 274 g/mol. The van der Waals surface area contributed by atoms with E-state index in [0.29, 0.717) is 65.4 Å². The Hall–Kier alpha value is -0.240. The topological polar surface area (TPSA) is 58.2 Å². The number of hydrogen-bond donors (Lipinski definition) is 1. The lowest BCUT2D eigenvalue weighted by Gasteiger charge is -2.08. The standard InChI is InChI=1S/C15H33NO5/c1-15(2)14-21-13-12-20-11-10-19-9-8-18-7-6-17-5-4-16-3/h15-16H,4-14H2,1-3H3. The highest BCUT2D eigenvalue weighted by atomic mass is 16.6. The Labute approximate surface area is 129 Å². The molecule has 0 aromatic rings. The molecule has 0 heterocycles. The summed E-state index contributed by atoms with van der Waals surface area (Å²) in [6, 6.07) is 0. The molecule has 0 fully saturated rings. The molecule has 0 saturated heterocycles. The second kappa shape index (κ2) is 17.8. The van der Waals surface area contributed by atoms with E-state index < -0.39 is 0 Å². The first-order chi connectivity index (χ1) is 10.3. The van der Waals surface area contributed by atoms with Gasteiger partial charge in [0.1, 0.15) is 0 Å². The van der Waals surface area contributed by atoms with Crippen molar-refractivity contribution in [2.24, 2.45) is 5.92 Å². The summed E-state index contributed by atoms with van der Waals surface area (Å²) in [6.45, 7) is 11.5. The summed E-state index contributed by atoms with van der Waals surface area (Å²) in [6.07, 6.45) is 0. The van der Waals surface area contributed by atoms with Crippen molar-refractivity contribution in [2.75, 3.05) is 79.7 Å². The van der Waals surface area contributed by atoms with Crippen LogP contribution in [0.3, 0.4) is 0 Å². The van der Waals surface area contributed by atoms with Crippen molar-refractivity contribution in [1.82, 2.24) is 5.32 Å². The number of hydrogen-bond acceptors (Lipinski definition) is 6. The van der Waals surface area contributed by atoms with Crippen LogP contribution in [0.25, 0.3) is 0 Å². The fourth-order valence-electron chi connectivity index (χ4n) is 1.37. The van der Waals surface area contributed by atoms with E-state index in [0.717, 1.165) is 13.2 Å². The van der Waals surface area contributed by atoms with Crippen LogP contribution in [0.15, 0.2) is 0 Å². The smallest absolute Gasteiger partial charge is 0.0701 e. The van der Waals surface area contributed by atoms with E-state index >= 15 is 0 Å². The second-order valence-electron chi connectivity index (χ2n) is 5.02. The van der Waals surface area contributed by atoms with Crippen LogP contribution in [0.2, 0.25) is 0 Å². The molecule has 0 aliphatic heterocycles. The minimum absolute atomic E-state index is 0.571. The van der Waals surface area contributed by atoms with Crippen LogP contribution >= 0.6 is 0 Å². The molecule has 0 aromatic carbocycles. The molecule has 0 bridgehead atoms. The molecule has 0 amide bonds. The van der Waals surface area contributed by atoms with Crippen LogP contribution in [0, 0.1) is 5.92 Å². The Bertz CT molecular complexity index is 193. The van der Waals surface area contributed by atoms with Gasteiger partial charge in [0.05, 0.1) is 59.5 Å². The van der Waals surface area contributed by atoms with Crippen LogP contribution in [0.5, 0.6) is 0 Å². The van der Waals surface area contributed by atoms with Gasteiger partial charge in [0, 0.05) is 13.2 Å². The molecule has 0 rings (SSSR count). The first-order valence-electron chi connectivity index (χ1n) is 7.80. The van der Waals surface area contributed by atoms with Gasteiger partial charge < -0.3 is 29.0 Å². The molecule has 0 atom stereocenters. The van der Waals surface area contributed by atoms with Crippen LogP contribution in [-0.4, -0.2) is 79.7 Å². The van der Waals surface area contributed by atoms with Crippen molar-refractivity contribution in [3.63, 3.8) is 0 Å². The summed E-state index contributed by atoms with van der Waals surface area (Å²) in [7, 11) is 1.90. The van der Waals surface area contributed by atoms with E-state index in [2.05, 4.69) is 19.2 Å². The first-order valence-corrected chi connectivity index (χ1v) is 7.80. The van der Waals surface area contributed by atoms with E-state index in [1.807, 2.05) is 7.05 Å². The molecule has 128 valence electrons. The van der Waals surface area contributed by atoms with Crippen molar-refractivity contribution < 1.29 is 23.7 Å². The zero-order valence-corrected chi connectivity index (χ0v) is 13.9. The lowest BCUT2D eigenvalue weighted by Crippen LogP contribution is -2.17. The predicted octanol–water partition coefficient (Wildman–Crippen LogP) is 0.945. The van der Waals surface area contributed by atoms with Crippen molar-refractivity contribution in [3.8, 4) is 0 Å². The Kier molecular flexibility index (Phi) is 17.6. The van der Waals surface area contributed by atoms with Gasteiger partial charge in [-0.2, -0.15) is 0 Å². The third-order valence-electron chi connectivity index (χ3n) is 2.44. The summed E-state index contributed by atoms with van der Waals surface area (Å²) >= 11 is 0. The third-order valence-corrected chi connectivity index (χ3v) is 2.44. The van der Waals surface area contributed by atoms with E-state index in [1.54, 1.807) is 0 Å². The van der Waals surface area contributed by atoms with Gasteiger partial charge >= 0.3 is 0 Å². The maximum atomic E-state index is 5.40. The maximum absolute atomic E-state index is 5.40. The molecule has 0 aromatic heterocycles. The molecule has 0 unspecified atom stereocenters. The van der Waals surface area contributed by atoms with Crippen LogP contribution < -0.4 is 5.32 Å². The predicted molar refractivity (Wildman–Crippen MR) is 82.9 cm³/mol. The Morgan fingerprint density at radius 2 is 1.00 bits per heavy atom. The fraction of sp³-hybridized carbons (Fsp3) is 1.00. The summed E-state index contributed by atoms with van der Waals surface area (Å²) in [4.78, 5) is 0. The minimum atomic E-state index is 0.571. The van der Waals surface area contributed by atoms with E-state index in [1.165, 1.54) is 0 Å². The molecule has 0 aliphatic rings. The molecule has 6 heteroatoms. The lowest BCUT2D eigenvalue weighted by atomic mass is 10.2. The molecule has 21 heavy (non-hydrogen) atoms. The van der Waals surface area contributed by atoms with Crippen LogP contribution in [0.4, 0.5) is 0 Å². The van der Waals surface area contributed by atoms with Crippen LogP contribution in [0.1, 0.15) is 13.8 Å². The van der Waals surface area contributed by atoms with Gasteiger partial charge in [-0.05, 0) is 13.0 Å². The SMILES string of the molecule is CNCCOCCOCCOCCOCCOCC(C)C. The number of rotatable bonds is 17. The van der Waals surface area contributed by atoms with Gasteiger partial charge in [-0.1, -0.05) is 13.8 Å². The van der Waals surface area contributed by atoms with E-state index in [9.17, 15) is 0 Å². The van der Waals surface area contributed by atoms with Crippen molar-refractivity contribution in [3.05, 3.63) is 0 Å². The molecule has 6 nitrogen and oxygen atoms in total. The van der Waals surface area contributed by atoms with Gasteiger partial charge in [-0.3, -0.25) is 0 Å². The van der Waals surface area contributed by atoms with Gasteiger partial charge in [0.2, 0.25) is 0 Å². The van der Waals surface area contributed by atoms with Crippen LogP contribution in [-0.2, 0) is 23.7 Å². The Balaban J connectivity index is 2.93. The Morgan fingerprint density at radius 3 is 1.38 bits per heavy atom. The van der Waals surface area contributed by atoms with Gasteiger partial charge in [0.15, 0.2) is 0 Å². The molecule has 1 N–H and O–H groups in total. The lowest BCUT2D eigenvalue weighted by molar-refractivity contribution is -0.0124. The number of likely N-dealkylation sites (N-methyl/N-ethyl adjacent to an activating group) is 1. The highest BCUT2D eigenvalue weighted by molar-refractivity contribution is 4.40. The van der Waals surface area contributed by atoms with Crippen molar-refractivity contribution in [1.29, 1.82) is 0 Å². The summed E-state index contributed by atoms with van der Waals surface area (Å²) < 4.78 is 26.8. The molecular formula is C15H33NO5. The van der Waals surface area contributed by atoms with E-state index in [-0.39, 0.29) is 0 Å². The molecule has 0 spiro atoms. The average molecular weight is 307 g/mol. The second-order valence-corrected chi connectivity index (χ2v) is 5.02. The highest BCUT2D eigenvalue weighted by Gasteiger charge is 1.95. The summed E-state index contributed by atoms with van der Waals surface area (Å²) in [5.41, 5.74) is 0. The minimum Gasteiger partial charge on any atom is -0.379 e. The monoisotopic (exact) mass is 307 g/mol. The maximum Gasteiger partial charge on any atom is 0.0701 e.